The third-order valence-electron chi connectivity index (χ3n) is 3.36. The molecule has 2 amide bonds. The second kappa shape index (κ2) is 5.89. The van der Waals surface area contributed by atoms with E-state index in [1.807, 2.05) is 0 Å². The molecule has 2 aromatic rings. The molecule has 7 heteroatoms. The Balaban J connectivity index is 1.85. The van der Waals surface area contributed by atoms with Gasteiger partial charge in [-0.3, -0.25) is 9.59 Å². The first-order chi connectivity index (χ1) is 11.0. The number of ether oxygens (including phenoxy) is 1. The minimum atomic E-state index is -0.710. The maximum atomic E-state index is 13.7. The second-order valence-corrected chi connectivity index (χ2v) is 5.42. The van der Waals surface area contributed by atoms with Crippen LogP contribution in [0, 0.1) is 5.82 Å². The SMILES string of the molecule is CC1Oc2ccc(NC(=O)c3c(F)cccc3Cl)cc2NC1=O. The van der Waals surface area contributed by atoms with Crippen molar-refractivity contribution >= 4 is 34.8 Å². The van der Waals surface area contributed by atoms with Gasteiger partial charge in [-0.1, -0.05) is 17.7 Å². The number of carbonyl (C=O) groups is 2. The van der Waals surface area contributed by atoms with E-state index in [4.69, 9.17) is 16.3 Å². The largest absolute Gasteiger partial charge is 0.479 e. The van der Waals surface area contributed by atoms with E-state index in [9.17, 15) is 14.0 Å². The lowest BCUT2D eigenvalue weighted by molar-refractivity contribution is -0.122. The smallest absolute Gasteiger partial charge is 0.265 e. The van der Waals surface area contributed by atoms with Crippen LogP contribution in [-0.4, -0.2) is 17.9 Å². The summed E-state index contributed by atoms with van der Waals surface area (Å²) in [5.74, 6) is -1.17. The number of amides is 2. The van der Waals surface area contributed by atoms with Crippen molar-refractivity contribution in [3.63, 3.8) is 0 Å². The van der Waals surface area contributed by atoms with E-state index in [0.717, 1.165) is 6.07 Å². The Labute approximate surface area is 136 Å². The highest BCUT2D eigenvalue weighted by Crippen LogP contribution is 2.32. The Morgan fingerprint density at radius 2 is 2.13 bits per heavy atom. The average molecular weight is 335 g/mol. The molecule has 1 unspecified atom stereocenters. The Kier molecular flexibility index (Phi) is 3.92. The van der Waals surface area contributed by atoms with Crippen molar-refractivity contribution in [2.75, 3.05) is 10.6 Å². The lowest BCUT2D eigenvalue weighted by Crippen LogP contribution is -2.34. The molecule has 118 valence electrons. The number of carbonyl (C=O) groups excluding carboxylic acids is 2. The number of benzene rings is 2. The number of fused-ring (bicyclic) bond motifs is 1. The van der Waals surface area contributed by atoms with Crippen LogP contribution >= 0.6 is 11.6 Å². The van der Waals surface area contributed by atoms with Gasteiger partial charge in [-0.25, -0.2) is 4.39 Å². The zero-order chi connectivity index (χ0) is 16.6. The van der Waals surface area contributed by atoms with Crippen molar-refractivity contribution in [2.45, 2.75) is 13.0 Å². The molecule has 0 fully saturated rings. The van der Waals surface area contributed by atoms with Crippen LogP contribution in [0.25, 0.3) is 0 Å². The molecule has 0 saturated heterocycles. The molecule has 0 aliphatic carbocycles. The van der Waals surface area contributed by atoms with Gasteiger partial charge in [0.15, 0.2) is 6.10 Å². The first kappa shape index (κ1) is 15.3. The third kappa shape index (κ3) is 2.98. The molecule has 0 saturated carbocycles. The van der Waals surface area contributed by atoms with Crippen molar-refractivity contribution in [3.05, 3.63) is 52.8 Å². The monoisotopic (exact) mass is 334 g/mol. The highest BCUT2D eigenvalue weighted by atomic mass is 35.5. The van der Waals surface area contributed by atoms with Gasteiger partial charge in [0.1, 0.15) is 11.6 Å². The Bertz CT molecular complexity index is 790. The summed E-state index contributed by atoms with van der Waals surface area (Å²) in [7, 11) is 0. The summed E-state index contributed by atoms with van der Waals surface area (Å²) in [6.45, 7) is 1.63. The van der Waals surface area contributed by atoms with Crippen LogP contribution in [0.3, 0.4) is 0 Å². The summed E-state index contributed by atoms with van der Waals surface area (Å²) < 4.78 is 19.2. The molecule has 0 spiro atoms. The predicted molar refractivity (Wildman–Crippen MR) is 84.5 cm³/mol. The maximum Gasteiger partial charge on any atom is 0.265 e. The average Bonchev–Trinajstić information content (AvgIpc) is 2.48. The molecule has 3 rings (SSSR count). The highest BCUT2D eigenvalue weighted by molar-refractivity contribution is 6.34. The number of halogens is 2. The fraction of sp³-hybridized carbons (Fsp3) is 0.125. The first-order valence-electron chi connectivity index (χ1n) is 6.82. The lowest BCUT2D eigenvalue weighted by atomic mass is 10.1. The summed E-state index contributed by atoms with van der Waals surface area (Å²) in [5.41, 5.74) is 0.581. The summed E-state index contributed by atoms with van der Waals surface area (Å²) >= 11 is 5.86. The minimum Gasteiger partial charge on any atom is -0.479 e. The third-order valence-corrected chi connectivity index (χ3v) is 3.67. The summed E-state index contributed by atoms with van der Waals surface area (Å²) in [6.07, 6.45) is -0.583. The van der Waals surface area contributed by atoms with Crippen molar-refractivity contribution in [1.29, 1.82) is 0 Å². The van der Waals surface area contributed by atoms with Crippen LogP contribution < -0.4 is 15.4 Å². The van der Waals surface area contributed by atoms with Gasteiger partial charge < -0.3 is 15.4 Å². The molecule has 0 aromatic heterocycles. The minimum absolute atomic E-state index is 0.0194. The molecule has 2 aromatic carbocycles. The number of hydrogen-bond donors (Lipinski definition) is 2. The summed E-state index contributed by atoms with van der Waals surface area (Å²) in [4.78, 5) is 23.8. The van der Waals surface area contributed by atoms with Crippen LogP contribution in [0.4, 0.5) is 15.8 Å². The molecule has 0 bridgehead atoms. The van der Waals surface area contributed by atoms with E-state index in [-0.39, 0.29) is 16.5 Å². The van der Waals surface area contributed by atoms with Crippen molar-refractivity contribution in [3.8, 4) is 5.75 Å². The van der Waals surface area contributed by atoms with E-state index < -0.39 is 17.8 Å². The fourth-order valence-corrected chi connectivity index (χ4v) is 2.44. The van der Waals surface area contributed by atoms with Crippen LogP contribution in [0.2, 0.25) is 5.02 Å². The summed E-state index contributed by atoms with van der Waals surface area (Å²) in [5, 5.41) is 5.24. The number of rotatable bonds is 2. The van der Waals surface area contributed by atoms with Gasteiger partial charge in [0.05, 0.1) is 16.3 Å². The van der Waals surface area contributed by atoms with Gasteiger partial charge in [0.2, 0.25) is 0 Å². The topological polar surface area (TPSA) is 67.4 Å². The van der Waals surface area contributed by atoms with Crippen molar-refractivity contribution < 1.29 is 18.7 Å². The van der Waals surface area contributed by atoms with E-state index in [1.165, 1.54) is 18.2 Å². The van der Waals surface area contributed by atoms with Gasteiger partial charge >= 0.3 is 0 Å². The maximum absolute atomic E-state index is 13.7. The van der Waals surface area contributed by atoms with Crippen molar-refractivity contribution in [1.82, 2.24) is 0 Å². The van der Waals surface area contributed by atoms with Gasteiger partial charge in [-0.2, -0.15) is 0 Å². The van der Waals surface area contributed by atoms with E-state index in [1.54, 1.807) is 19.1 Å². The molecule has 2 N–H and O–H groups in total. The van der Waals surface area contributed by atoms with Gasteiger partial charge in [0, 0.05) is 5.69 Å². The van der Waals surface area contributed by atoms with Crippen LogP contribution in [0.15, 0.2) is 36.4 Å². The predicted octanol–water partition coefficient (Wildman–Crippen LogP) is 3.45. The van der Waals surface area contributed by atoms with Crippen molar-refractivity contribution in [2.24, 2.45) is 0 Å². The Morgan fingerprint density at radius 1 is 1.35 bits per heavy atom. The zero-order valence-corrected chi connectivity index (χ0v) is 12.8. The number of nitrogens with one attached hydrogen (secondary N) is 2. The normalized spacial score (nSPS) is 16.1. The molecule has 1 heterocycles. The van der Waals surface area contributed by atoms with Gasteiger partial charge in [0.25, 0.3) is 11.8 Å². The highest BCUT2D eigenvalue weighted by Gasteiger charge is 2.24. The molecule has 1 atom stereocenters. The molecule has 0 radical (unpaired) electrons. The van der Waals surface area contributed by atoms with Gasteiger partial charge in [-0.05, 0) is 37.3 Å². The molecule has 5 nitrogen and oxygen atoms in total. The zero-order valence-electron chi connectivity index (χ0n) is 12.0. The van der Waals surface area contributed by atoms with E-state index in [0.29, 0.717) is 17.1 Å². The van der Waals surface area contributed by atoms with Gasteiger partial charge in [-0.15, -0.1) is 0 Å². The molecular formula is C16H12ClFN2O3. The molecular weight excluding hydrogens is 323 g/mol. The molecule has 1 aliphatic rings. The standard InChI is InChI=1S/C16H12ClFN2O3/c1-8-15(21)20-12-7-9(5-6-13(12)23-8)19-16(22)14-10(17)3-2-4-11(14)18/h2-8H,1H3,(H,19,22)(H,20,21). The summed E-state index contributed by atoms with van der Waals surface area (Å²) in [6, 6.07) is 8.75. The van der Waals surface area contributed by atoms with E-state index >= 15 is 0 Å². The number of hydrogen-bond acceptors (Lipinski definition) is 3. The van der Waals surface area contributed by atoms with E-state index in [2.05, 4.69) is 10.6 Å². The fourth-order valence-electron chi connectivity index (χ4n) is 2.19. The second-order valence-electron chi connectivity index (χ2n) is 5.01. The first-order valence-corrected chi connectivity index (χ1v) is 7.20. The van der Waals surface area contributed by atoms with Crippen LogP contribution in [0.1, 0.15) is 17.3 Å². The molecule has 23 heavy (non-hydrogen) atoms. The quantitative estimate of drug-likeness (QED) is 0.884. The lowest BCUT2D eigenvalue weighted by Gasteiger charge is -2.23. The Morgan fingerprint density at radius 3 is 2.87 bits per heavy atom. The number of anilines is 2. The van der Waals surface area contributed by atoms with Crippen LogP contribution in [-0.2, 0) is 4.79 Å². The van der Waals surface area contributed by atoms with Crippen LogP contribution in [0.5, 0.6) is 5.75 Å². The molecule has 1 aliphatic heterocycles. The Hall–Kier alpha value is -2.60.